The Balaban J connectivity index is 1.37. The number of hydrogen-bond acceptors (Lipinski definition) is 7. The number of fused-ring (bicyclic) bond motifs is 1. The first-order valence-corrected chi connectivity index (χ1v) is 9.34. The van der Waals surface area contributed by atoms with Gasteiger partial charge in [-0.15, -0.1) is 0 Å². The van der Waals surface area contributed by atoms with Crippen molar-refractivity contribution in [1.29, 1.82) is 0 Å². The quantitative estimate of drug-likeness (QED) is 0.519. The summed E-state index contributed by atoms with van der Waals surface area (Å²) in [6, 6.07) is 7.66. The molecule has 0 radical (unpaired) electrons. The van der Waals surface area contributed by atoms with E-state index in [0.717, 1.165) is 0 Å². The van der Waals surface area contributed by atoms with E-state index in [0.29, 0.717) is 36.6 Å². The molecular formula is C19H20FN5O4. The molecule has 1 saturated heterocycles. The van der Waals surface area contributed by atoms with Gasteiger partial charge in [0.2, 0.25) is 17.8 Å². The predicted octanol–water partition coefficient (Wildman–Crippen LogP) is 2.24. The number of halogens is 1. The summed E-state index contributed by atoms with van der Waals surface area (Å²) in [6.45, 7) is 0. The highest BCUT2D eigenvalue weighted by atomic mass is 19.1. The minimum atomic E-state index is -0.613. The summed E-state index contributed by atoms with van der Waals surface area (Å²) in [5.41, 5.74) is 6.53. The molecule has 4 rings (SSSR count). The SMILES string of the molecule is O=C(Nc1ccc(Oc2ccc(F)cc2)nc1)C1NNC2CCC([N+](=O)[O-])CC21. The highest BCUT2D eigenvalue weighted by Crippen LogP contribution is 2.32. The number of carbonyl (C=O) groups is 1. The fourth-order valence-corrected chi connectivity index (χ4v) is 3.84. The Morgan fingerprint density at radius 1 is 1.21 bits per heavy atom. The second-order valence-corrected chi connectivity index (χ2v) is 7.22. The number of anilines is 1. The zero-order chi connectivity index (χ0) is 20.4. The van der Waals surface area contributed by atoms with E-state index < -0.39 is 12.1 Å². The summed E-state index contributed by atoms with van der Waals surface area (Å²) in [4.78, 5) is 27.7. The van der Waals surface area contributed by atoms with Crippen LogP contribution in [0.15, 0.2) is 42.6 Å². The molecule has 4 atom stereocenters. The number of amides is 1. The van der Waals surface area contributed by atoms with Crippen molar-refractivity contribution in [3.8, 4) is 11.6 Å². The van der Waals surface area contributed by atoms with Gasteiger partial charge in [-0.3, -0.25) is 20.3 Å². The Morgan fingerprint density at radius 2 is 2.00 bits per heavy atom. The van der Waals surface area contributed by atoms with Gasteiger partial charge in [0.15, 0.2) is 0 Å². The van der Waals surface area contributed by atoms with E-state index in [-0.39, 0.29) is 28.6 Å². The van der Waals surface area contributed by atoms with Gasteiger partial charge in [0, 0.05) is 35.8 Å². The van der Waals surface area contributed by atoms with Crippen LogP contribution in [0.4, 0.5) is 10.1 Å². The van der Waals surface area contributed by atoms with Crippen LogP contribution in [0.3, 0.4) is 0 Å². The highest BCUT2D eigenvalue weighted by molar-refractivity contribution is 5.95. The molecule has 29 heavy (non-hydrogen) atoms. The molecule has 2 heterocycles. The first-order valence-electron chi connectivity index (χ1n) is 9.34. The molecule has 9 nitrogen and oxygen atoms in total. The van der Waals surface area contributed by atoms with Gasteiger partial charge in [-0.2, -0.15) is 0 Å². The number of nitrogens with zero attached hydrogens (tertiary/aromatic N) is 2. The van der Waals surface area contributed by atoms with E-state index in [4.69, 9.17) is 4.74 Å². The number of nitro groups is 1. The highest BCUT2D eigenvalue weighted by Gasteiger charge is 2.46. The van der Waals surface area contributed by atoms with E-state index in [2.05, 4.69) is 21.2 Å². The van der Waals surface area contributed by atoms with Gasteiger partial charge < -0.3 is 10.1 Å². The lowest BCUT2D eigenvalue weighted by Gasteiger charge is -2.28. The molecular weight excluding hydrogens is 381 g/mol. The van der Waals surface area contributed by atoms with E-state index >= 15 is 0 Å². The van der Waals surface area contributed by atoms with Crippen LogP contribution in [0.2, 0.25) is 0 Å². The average molecular weight is 401 g/mol. The fraction of sp³-hybridized carbons (Fsp3) is 0.368. The Kier molecular flexibility index (Phi) is 5.36. The molecule has 1 aliphatic heterocycles. The molecule has 4 unspecified atom stereocenters. The molecule has 10 heteroatoms. The van der Waals surface area contributed by atoms with Crippen LogP contribution in [0.25, 0.3) is 0 Å². The molecule has 0 spiro atoms. The zero-order valence-electron chi connectivity index (χ0n) is 15.4. The largest absolute Gasteiger partial charge is 0.439 e. The number of hydrazine groups is 1. The standard InChI is InChI=1S/C19H20FN5O4/c20-11-1-5-14(6-2-11)29-17-8-3-12(10-21-17)22-19(26)18-15-9-13(25(27)28)4-7-16(15)23-24-18/h1-3,5-6,8,10,13,15-16,18,23-24H,4,7,9H2,(H,22,26). The predicted molar refractivity (Wildman–Crippen MR) is 101 cm³/mol. The van der Waals surface area contributed by atoms with E-state index in [1.165, 1.54) is 30.5 Å². The Bertz CT molecular complexity index is 892. The maximum atomic E-state index is 12.9. The number of nitrogens with one attached hydrogen (secondary N) is 3. The molecule has 2 aromatic rings. The summed E-state index contributed by atoms with van der Waals surface area (Å²) in [7, 11) is 0. The van der Waals surface area contributed by atoms with Crippen molar-refractivity contribution < 1.29 is 18.8 Å². The lowest BCUT2D eigenvalue weighted by atomic mass is 9.79. The number of rotatable bonds is 5. The molecule has 2 fully saturated rings. The maximum absolute atomic E-state index is 12.9. The number of aromatic nitrogens is 1. The lowest BCUT2D eigenvalue weighted by molar-refractivity contribution is -0.528. The van der Waals surface area contributed by atoms with E-state index in [9.17, 15) is 19.3 Å². The van der Waals surface area contributed by atoms with Gasteiger partial charge in [0.05, 0.1) is 11.9 Å². The average Bonchev–Trinajstić information content (AvgIpc) is 3.14. The van der Waals surface area contributed by atoms with Gasteiger partial charge in [0.25, 0.3) is 0 Å². The monoisotopic (exact) mass is 401 g/mol. The Hall–Kier alpha value is -3.11. The summed E-state index contributed by atoms with van der Waals surface area (Å²) in [6.07, 6.45) is 2.98. The van der Waals surface area contributed by atoms with E-state index in [1.54, 1.807) is 12.1 Å². The number of benzene rings is 1. The third kappa shape index (κ3) is 4.33. The molecule has 1 aliphatic carbocycles. The van der Waals surface area contributed by atoms with Crippen LogP contribution in [0.5, 0.6) is 11.6 Å². The Morgan fingerprint density at radius 3 is 2.69 bits per heavy atom. The fourth-order valence-electron chi connectivity index (χ4n) is 3.84. The van der Waals surface area contributed by atoms with Crippen molar-refractivity contribution in [3.05, 3.63) is 58.5 Å². The van der Waals surface area contributed by atoms with Gasteiger partial charge in [-0.1, -0.05) is 0 Å². The zero-order valence-corrected chi connectivity index (χ0v) is 15.4. The first-order chi connectivity index (χ1) is 14.0. The van der Waals surface area contributed by atoms with Crippen molar-refractivity contribution in [3.63, 3.8) is 0 Å². The molecule has 152 valence electrons. The molecule has 1 aromatic heterocycles. The first kappa shape index (κ1) is 19.2. The van der Waals surface area contributed by atoms with Crippen molar-refractivity contribution >= 4 is 11.6 Å². The molecule has 0 bridgehead atoms. The van der Waals surface area contributed by atoms with Gasteiger partial charge in [-0.25, -0.2) is 14.8 Å². The number of ether oxygens (including phenoxy) is 1. The second kappa shape index (κ2) is 8.10. The second-order valence-electron chi connectivity index (χ2n) is 7.22. The minimum Gasteiger partial charge on any atom is -0.439 e. The van der Waals surface area contributed by atoms with Crippen molar-refractivity contribution in [2.24, 2.45) is 5.92 Å². The van der Waals surface area contributed by atoms with Crippen molar-refractivity contribution in [2.45, 2.75) is 37.4 Å². The number of carbonyl (C=O) groups excluding carboxylic acids is 1. The Labute approximate surface area is 165 Å². The topological polar surface area (TPSA) is 118 Å². The summed E-state index contributed by atoms with van der Waals surface area (Å²) >= 11 is 0. The molecule has 1 amide bonds. The summed E-state index contributed by atoms with van der Waals surface area (Å²) in [5.74, 6) is -0.0312. The van der Waals surface area contributed by atoms with Gasteiger partial charge in [0.1, 0.15) is 17.6 Å². The number of hydrogen-bond donors (Lipinski definition) is 3. The molecule has 2 aliphatic rings. The van der Waals surface area contributed by atoms with Crippen LogP contribution in [-0.4, -0.2) is 33.9 Å². The van der Waals surface area contributed by atoms with Crippen LogP contribution < -0.4 is 20.9 Å². The van der Waals surface area contributed by atoms with Crippen LogP contribution >= 0.6 is 0 Å². The van der Waals surface area contributed by atoms with E-state index in [1.807, 2.05) is 0 Å². The number of pyridine rings is 1. The molecule has 3 N–H and O–H groups in total. The third-order valence-electron chi connectivity index (χ3n) is 5.34. The summed E-state index contributed by atoms with van der Waals surface area (Å²) in [5, 5.41) is 13.9. The normalized spacial score (nSPS) is 25.8. The van der Waals surface area contributed by atoms with Gasteiger partial charge in [-0.05, 0) is 36.8 Å². The minimum absolute atomic E-state index is 0.0477. The smallest absolute Gasteiger partial charge is 0.243 e. The van der Waals surface area contributed by atoms with Crippen molar-refractivity contribution in [2.75, 3.05) is 5.32 Å². The van der Waals surface area contributed by atoms with Crippen LogP contribution in [0, 0.1) is 21.8 Å². The van der Waals surface area contributed by atoms with Crippen LogP contribution in [0.1, 0.15) is 19.3 Å². The van der Waals surface area contributed by atoms with Crippen molar-refractivity contribution in [1.82, 2.24) is 15.8 Å². The van der Waals surface area contributed by atoms with Gasteiger partial charge >= 0.3 is 0 Å². The molecule has 1 aromatic carbocycles. The lowest BCUT2D eigenvalue weighted by Crippen LogP contribution is -2.44. The maximum Gasteiger partial charge on any atom is 0.243 e. The summed E-state index contributed by atoms with van der Waals surface area (Å²) < 4.78 is 18.5. The third-order valence-corrected chi connectivity index (χ3v) is 5.34. The molecule has 1 saturated carbocycles. The van der Waals surface area contributed by atoms with Crippen LogP contribution in [-0.2, 0) is 4.79 Å².